The largest absolute Gasteiger partial charge is 0.496 e. The van der Waals surface area contributed by atoms with Crippen molar-refractivity contribution in [2.45, 2.75) is 50.4 Å². The third kappa shape index (κ3) is 7.63. The van der Waals surface area contributed by atoms with Gasteiger partial charge in [0.1, 0.15) is 5.75 Å². The van der Waals surface area contributed by atoms with Crippen molar-refractivity contribution in [2.24, 2.45) is 5.92 Å². The molecule has 44 heavy (non-hydrogen) atoms. The van der Waals surface area contributed by atoms with E-state index in [0.29, 0.717) is 13.1 Å². The molecule has 230 valence electrons. The van der Waals surface area contributed by atoms with Gasteiger partial charge in [-0.2, -0.15) is 0 Å². The summed E-state index contributed by atoms with van der Waals surface area (Å²) in [4.78, 5) is 13.1. The number of nitrogens with one attached hydrogen (secondary N) is 2. The van der Waals surface area contributed by atoms with Crippen LogP contribution in [-0.2, 0) is 22.6 Å². The van der Waals surface area contributed by atoms with Gasteiger partial charge in [0.05, 0.1) is 25.9 Å². The molecule has 7 nitrogen and oxygen atoms in total. The van der Waals surface area contributed by atoms with E-state index in [-0.39, 0.29) is 30.8 Å². The molecule has 0 aliphatic carbocycles. The van der Waals surface area contributed by atoms with E-state index in [1.165, 1.54) is 0 Å². The number of aliphatic hydroxyl groups is 1. The van der Waals surface area contributed by atoms with E-state index in [9.17, 15) is 9.90 Å². The Morgan fingerprint density at radius 1 is 0.886 bits per heavy atom. The topological polar surface area (TPSA) is 89.1 Å². The maximum absolute atomic E-state index is 12.0. The summed E-state index contributed by atoms with van der Waals surface area (Å²) in [6.45, 7) is 5.07. The summed E-state index contributed by atoms with van der Waals surface area (Å²) < 4.78 is 18.9. The molecule has 0 radical (unpaired) electrons. The summed E-state index contributed by atoms with van der Waals surface area (Å²) in [6.07, 6.45) is -0.835. The zero-order valence-electron chi connectivity index (χ0n) is 25.4. The van der Waals surface area contributed by atoms with Crippen molar-refractivity contribution in [3.05, 3.63) is 119 Å². The van der Waals surface area contributed by atoms with Crippen molar-refractivity contribution in [2.75, 3.05) is 19.4 Å². The molecule has 0 saturated carbocycles. The quantitative estimate of drug-likeness (QED) is 0.155. The Morgan fingerprint density at radius 2 is 1.59 bits per heavy atom. The first-order chi connectivity index (χ1) is 21.5. The molecule has 1 saturated heterocycles. The number of carbonyl (C=O) groups excluding carboxylic acids is 1. The number of carbonyl (C=O) groups is 1. The summed E-state index contributed by atoms with van der Waals surface area (Å²) in [7, 11) is 1.69. The van der Waals surface area contributed by atoms with Crippen LogP contribution in [0.25, 0.3) is 11.1 Å². The van der Waals surface area contributed by atoms with Crippen LogP contribution in [0.2, 0.25) is 0 Å². The Labute approximate surface area is 263 Å². The molecule has 0 unspecified atom stereocenters. The Bertz CT molecular complexity index is 1510. The number of benzene rings is 4. The van der Waals surface area contributed by atoms with E-state index < -0.39 is 6.29 Å². The van der Waals surface area contributed by atoms with Crippen LogP contribution in [0, 0.1) is 5.92 Å². The number of hydrogen-bond donors (Lipinski definition) is 3. The minimum absolute atomic E-state index is 0.00272. The molecular formula is C36H40N2O5S. The monoisotopic (exact) mass is 612 g/mol. The van der Waals surface area contributed by atoms with Gasteiger partial charge in [-0.1, -0.05) is 91.9 Å². The summed E-state index contributed by atoms with van der Waals surface area (Å²) in [6, 6.07) is 32.2. The van der Waals surface area contributed by atoms with Gasteiger partial charge in [-0.3, -0.25) is 0 Å². The normalized spacial score (nSPS) is 19.7. The second-order valence-corrected chi connectivity index (χ2v) is 11.8. The zero-order chi connectivity index (χ0) is 30.9. The van der Waals surface area contributed by atoms with E-state index in [1.54, 1.807) is 18.9 Å². The highest BCUT2D eigenvalue weighted by molar-refractivity contribution is 7.99. The standard InChI is InChI=1S/C36H40N2O5S/c1-4-37-36(40)38-21-29-9-5-6-10-30(29)26-17-19-28(20-18-26)35-42-32(23-44-33-12-8-7-11-31(33)41-3)24(2)34(43-35)27-15-13-25(22-39)14-16-27/h5-20,24,32,34-35,39H,4,21-23H2,1-3H3,(H2,37,38,40)/t24-,32+,34+,35+/m0/s1. The number of methoxy groups -OCH3 is 1. The Morgan fingerprint density at radius 3 is 2.32 bits per heavy atom. The van der Waals surface area contributed by atoms with Crippen molar-refractivity contribution >= 4 is 17.8 Å². The first-order valence-electron chi connectivity index (χ1n) is 15.0. The highest BCUT2D eigenvalue weighted by atomic mass is 32.2. The van der Waals surface area contributed by atoms with Gasteiger partial charge in [0.15, 0.2) is 6.29 Å². The summed E-state index contributed by atoms with van der Waals surface area (Å²) >= 11 is 1.72. The summed E-state index contributed by atoms with van der Waals surface area (Å²) in [5.74, 6) is 1.66. The summed E-state index contributed by atoms with van der Waals surface area (Å²) in [5, 5.41) is 15.3. The van der Waals surface area contributed by atoms with Gasteiger partial charge < -0.3 is 30.0 Å². The Balaban J connectivity index is 1.38. The third-order valence-corrected chi connectivity index (χ3v) is 9.03. The predicted molar refractivity (Wildman–Crippen MR) is 174 cm³/mol. The number of thioether (sulfide) groups is 1. The van der Waals surface area contributed by atoms with Gasteiger partial charge in [-0.05, 0) is 46.9 Å². The fourth-order valence-electron chi connectivity index (χ4n) is 5.39. The summed E-state index contributed by atoms with van der Waals surface area (Å²) in [5.41, 5.74) is 5.99. The number of urea groups is 1. The van der Waals surface area contributed by atoms with Crippen molar-refractivity contribution in [3.63, 3.8) is 0 Å². The lowest BCUT2D eigenvalue weighted by atomic mass is 9.91. The molecule has 1 fully saturated rings. The SMILES string of the molecule is CCNC(=O)NCc1ccccc1-c1ccc([C@@H]2O[C@H](CSc3ccccc3OC)[C@H](C)[C@H](c3ccc(CO)cc3)O2)cc1. The Kier molecular flexibility index (Phi) is 11.0. The molecule has 4 atom stereocenters. The first-order valence-corrected chi connectivity index (χ1v) is 16.0. The van der Waals surface area contributed by atoms with Gasteiger partial charge in [0.2, 0.25) is 0 Å². The maximum atomic E-state index is 12.0. The van der Waals surface area contributed by atoms with Crippen LogP contribution < -0.4 is 15.4 Å². The average Bonchev–Trinajstić information content (AvgIpc) is 3.07. The number of aliphatic hydroxyl groups excluding tert-OH is 1. The van der Waals surface area contributed by atoms with Crippen LogP contribution in [0.1, 0.15) is 48.5 Å². The van der Waals surface area contributed by atoms with Gasteiger partial charge in [-0.15, -0.1) is 11.8 Å². The molecule has 0 bridgehead atoms. The van der Waals surface area contributed by atoms with E-state index in [4.69, 9.17) is 14.2 Å². The molecular weight excluding hydrogens is 572 g/mol. The molecule has 8 heteroatoms. The first kappa shape index (κ1) is 31.6. The van der Waals surface area contributed by atoms with Crippen LogP contribution in [-0.4, -0.2) is 36.6 Å². The van der Waals surface area contributed by atoms with E-state index in [1.807, 2.05) is 67.6 Å². The lowest BCUT2D eigenvalue weighted by Crippen LogP contribution is -2.38. The minimum atomic E-state index is -0.555. The molecule has 1 aliphatic heterocycles. The van der Waals surface area contributed by atoms with Gasteiger partial charge in [0, 0.05) is 35.2 Å². The Hall–Kier alpha value is -3.82. The molecule has 3 N–H and O–H groups in total. The predicted octanol–water partition coefficient (Wildman–Crippen LogP) is 7.26. The van der Waals surface area contributed by atoms with Crippen LogP contribution >= 0.6 is 11.8 Å². The number of hydrogen-bond acceptors (Lipinski definition) is 6. The minimum Gasteiger partial charge on any atom is -0.496 e. The average molecular weight is 613 g/mol. The van der Waals surface area contributed by atoms with Crippen LogP contribution in [0.4, 0.5) is 4.79 Å². The van der Waals surface area contributed by atoms with Crippen molar-refractivity contribution in [1.29, 1.82) is 0 Å². The molecule has 4 aromatic rings. The van der Waals surface area contributed by atoms with Crippen molar-refractivity contribution in [1.82, 2.24) is 10.6 Å². The fraction of sp³-hybridized carbons (Fsp3) is 0.306. The maximum Gasteiger partial charge on any atom is 0.315 e. The lowest BCUT2D eigenvalue weighted by molar-refractivity contribution is -0.268. The molecule has 2 amide bonds. The van der Waals surface area contributed by atoms with Gasteiger partial charge in [0.25, 0.3) is 0 Å². The van der Waals surface area contributed by atoms with E-state index >= 15 is 0 Å². The third-order valence-electron chi connectivity index (χ3n) is 7.88. The molecule has 4 aromatic carbocycles. The second kappa shape index (κ2) is 15.3. The second-order valence-electron chi connectivity index (χ2n) is 10.8. The van der Waals surface area contributed by atoms with Gasteiger partial charge in [-0.25, -0.2) is 4.79 Å². The van der Waals surface area contributed by atoms with Gasteiger partial charge >= 0.3 is 6.03 Å². The highest BCUT2D eigenvalue weighted by Gasteiger charge is 2.38. The van der Waals surface area contributed by atoms with Crippen LogP contribution in [0.3, 0.4) is 0 Å². The number of rotatable bonds is 11. The van der Waals surface area contributed by atoms with Crippen molar-refractivity contribution in [3.8, 4) is 16.9 Å². The van der Waals surface area contributed by atoms with Crippen molar-refractivity contribution < 1.29 is 24.1 Å². The van der Waals surface area contributed by atoms with E-state index in [2.05, 4.69) is 54.0 Å². The molecule has 0 aromatic heterocycles. The highest BCUT2D eigenvalue weighted by Crippen LogP contribution is 2.44. The lowest BCUT2D eigenvalue weighted by Gasteiger charge is -2.41. The smallest absolute Gasteiger partial charge is 0.315 e. The van der Waals surface area contributed by atoms with Crippen LogP contribution in [0.5, 0.6) is 5.75 Å². The van der Waals surface area contributed by atoms with E-state index in [0.717, 1.165) is 49.8 Å². The molecule has 0 spiro atoms. The zero-order valence-corrected chi connectivity index (χ0v) is 26.2. The number of amides is 2. The molecule has 1 heterocycles. The molecule has 1 aliphatic rings. The fourth-order valence-corrected chi connectivity index (χ4v) is 6.59. The number of para-hydroxylation sites is 1. The van der Waals surface area contributed by atoms with Crippen LogP contribution in [0.15, 0.2) is 102 Å². The molecule has 5 rings (SSSR count). The number of ether oxygens (including phenoxy) is 3.